The molecule has 0 amide bonds. The number of anilines is 1. The number of likely N-dealkylation sites (N-methyl/N-ethyl adjacent to an activating group) is 1. The van der Waals surface area contributed by atoms with E-state index in [2.05, 4.69) is 32.4 Å². The molecule has 1 saturated heterocycles. The molecule has 3 aromatic rings. The van der Waals surface area contributed by atoms with Crippen LogP contribution >= 0.6 is 0 Å². The monoisotopic (exact) mass is 405 g/mol. The van der Waals surface area contributed by atoms with E-state index in [1.54, 1.807) is 12.3 Å². The third-order valence-electron chi connectivity index (χ3n) is 5.10. The van der Waals surface area contributed by atoms with Gasteiger partial charge in [-0.1, -0.05) is 0 Å². The lowest BCUT2D eigenvalue weighted by molar-refractivity contribution is -0.137. The first-order valence-corrected chi connectivity index (χ1v) is 9.25. The van der Waals surface area contributed by atoms with Gasteiger partial charge >= 0.3 is 6.18 Å². The van der Waals surface area contributed by atoms with E-state index in [1.165, 1.54) is 6.20 Å². The van der Waals surface area contributed by atoms with Crippen molar-refractivity contribution in [3.8, 4) is 11.3 Å². The summed E-state index contributed by atoms with van der Waals surface area (Å²) in [6.07, 6.45) is 0.575. The molecule has 0 spiro atoms. The van der Waals surface area contributed by atoms with E-state index in [0.29, 0.717) is 22.7 Å². The summed E-state index contributed by atoms with van der Waals surface area (Å²) in [5.41, 5.74) is -0.900. The number of pyridine rings is 1. The standard InChI is InChI=1S/C20H19F4N5/c1-29-8-2-3-13(11-29)26-19-16-10-25-7-6-14(16)18(27-28-19)15-5-4-12(9-17(15)21)20(22,23)24/h4-7,9-10,13H,2-3,8,11H2,1H3,(H,26,28). The van der Waals surface area contributed by atoms with Crippen molar-refractivity contribution in [2.45, 2.75) is 25.1 Å². The van der Waals surface area contributed by atoms with Crippen molar-refractivity contribution in [3.63, 3.8) is 0 Å². The zero-order valence-corrected chi connectivity index (χ0v) is 15.7. The second-order valence-corrected chi connectivity index (χ2v) is 7.26. The Labute approximate surface area is 164 Å². The van der Waals surface area contributed by atoms with Crippen molar-refractivity contribution in [1.82, 2.24) is 20.1 Å². The fourth-order valence-electron chi connectivity index (χ4n) is 3.66. The van der Waals surface area contributed by atoms with Gasteiger partial charge in [-0.05, 0) is 50.7 Å². The van der Waals surface area contributed by atoms with Crippen LogP contribution in [0.2, 0.25) is 0 Å². The molecule has 152 valence electrons. The fraction of sp³-hybridized carbons (Fsp3) is 0.350. The number of nitrogens with zero attached hydrogens (tertiary/aromatic N) is 4. The van der Waals surface area contributed by atoms with Crippen molar-refractivity contribution >= 4 is 16.6 Å². The van der Waals surface area contributed by atoms with Crippen LogP contribution in [0.5, 0.6) is 0 Å². The summed E-state index contributed by atoms with van der Waals surface area (Å²) in [5, 5.41) is 12.9. The maximum absolute atomic E-state index is 14.5. The van der Waals surface area contributed by atoms with Crippen molar-refractivity contribution in [3.05, 3.63) is 48.0 Å². The lowest BCUT2D eigenvalue weighted by atomic mass is 10.0. The van der Waals surface area contributed by atoms with Crippen LogP contribution in [0.4, 0.5) is 23.4 Å². The van der Waals surface area contributed by atoms with Gasteiger partial charge in [-0.3, -0.25) is 4.98 Å². The summed E-state index contributed by atoms with van der Waals surface area (Å²) in [6, 6.07) is 4.27. The van der Waals surface area contributed by atoms with Crippen LogP contribution < -0.4 is 5.32 Å². The minimum atomic E-state index is -4.61. The van der Waals surface area contributed by atoms with E-state index in [-0.39, 0.29) is 17.3 Å². The molecular formula is C20H19F4N5. The Kier molecular flexibility index (Phi) is 5.08. The third kappa shape index (κ3) is 4.00. The molecule has 1 aromatic carbocycles. The normalized spacial score (nSPS) is 18.2. The van der Waals surface area contributed by atoms with Gasteiger partial charge in [0, 0.05) is 41.3 Å². The van der Waals surface area contributed by atoms with E-state index < -0.39 is 17.6 Å². The zero-order valence-electron chi connectivity index (χ0n) is 15.7. The molecule has 0 aliphatic carbocycles. The number of alkyl halides is 3. The van der Waals surface area contributed by atoms with E-state index >= 15 is 0 Å². The quantitative estimate of drug-likeness (QED) is 0.657. The number of nitrogens with one attached hydrogen (secondary N) is 1. The van der Waals surface area contributed by atoms with E-state index in [9.17, 15) is 17.6 Å². The molecule has 1 unspecified atom stereocenters. The molecule has 1 atom stereocenters. The SMILES string of the molecule is CN1CCCC(Nc2nnc(-c3ccc(C(F)(F)F)cc3F)c3ccncc23)C1. The van der Waals surface area contributed by atoms with Gasteiger partial charge in [0.25, 0.3) is 0 Å². The Balaban J connectivity index is 1.74. The summed E-state index contributed by atoms with van der Waals surface area (Å²) in [4.78, 5) is 6.35. The highest BCUT2D eigenvalue weighted by atomic mass is 19.4. The van der Waals surface area contributed by atoms with Crippen molar-refractivity contribution in [2.75, 3.05) is 25.5 Å². The van der Waals surface area contributed by atoms with Crippen LogP contribution in [0.25, 0.3) is 22.0 Å². The Morgan fingerprint density at radius 2 is 1.97 bits per heavy atom. The van der Waals surface area contributed by atoms with Crippen LogP contribution in [0.3, 0.4) is 0 Å². The Morgan fingerprint density at radius 3 is 2.69 bits per heavy atom. The number of benzene rings is 1. The average molecular weight is 405 g/mol. The summed E-state index contributed by atoms with van der Waals surface area (Å²) in [7, 11) is 2.05. The van der Waals surface area contributed by atoms with E-state index in [1.807, 2.05) is 0 Å². The van der Waals surface area contributed by atoms with Crippen molar-refractivity contribution in [1.29, 1.82) is 0 Å². The number of likely N-dealkylation sites (tertiary alicyclic amines) is 1. The molecule has 2 aromatic heterocycles. The van der Waals surface area contributed by atoms with Gasteiger partial charge in [0.2, 0.25) is 0 Å². The van der Waals surface area contributed by atoms with Gasteiger partial charge in [0.05, 0.1) is 5.56 Å². The maximum atomic E-state index is 14.5. The van der Waals surface area contributed by atoms with E-state index in [0.717, 1.165) is 38.1 Å². The first kappa shape index (κ1) is 19.5. The van der Waals surface area contributed by atoms with Crippen LogP contribution in [0.15, 0.2) is 36.7 Å². The number of aromatic nitrogens is 3. The molecule has 1 N–H and O–H groups in total. The topological polar surface area (TPSA) is 53.9 Å². The lowest BCUT2D eigenvalue weighted by Gasteiger charge is -2.30. The molecule has 5 nitrogen and oxygen atoms in total. The highest BCUT2D eigenvalue weighted by molar-refractivity contribution is 5.99. The number of halogens is 4. The summed E-state index contributed by atoms with van der Waals surface area (Å²) >= 11 is 0. The first-order chi connectivity index (χ1) is 13.8. The number of hydrogen-bond donors (Lipinski definition) is 1. The van der Waals surface area contributed by atoms with Crippen LogP contribution in [-0.4, -0.2) is 46.3 Å². The zero-order chi connectivity index (χ0) is 20.6. The summed E-state index contributed by atoms with van der Waals surface area (Å²) < 4.78 is 53.0. The van der Waals surface area contributed by atoms with E-state index in [4.69, 9.17) is 0 Å². The molecule has 3 heterocycles. The summed E-state index contributed by atoms with van der Waals surface area (Å²) in [5.74, 6) is -0.466. The smallest absolute Gasteiger partial charge is 0.364 e. The molecule has 1 aliphatic rings. The first-order valence-electron chi connectivity index (χ1n) is 9.25. The molecular weight excluding hydrogens is 386 g/mol. The Hall–Kier alpha value is -2.81. The molecule has 9 heteroatoms. The minimum absolute atomic E-state index is 0.0364. The van der Waals surface area contributed by atoms with Gasteiger partial charge in [-0.25, -0.2) is 4.39 Å². The Bertz CT molecular complexity index is 1040. The molecule has 1 aliphatic heterocycles. The number of fused-ring (bicyclic) bond motifs is 1. The highest BCUT2D eigenvalue weighted by Gasteiger charge is 2.31. The molecule has 1 fully saturated rings. The van der Waals surface area contributed by atoms with Gasteiger partial charge in [0.1, 0.15) is 11.5 Å². The molecule has 0 saturated carbocycles. The fourth-order valence-corrected chi connectivity index (χ4v) is 3.66. The molecule has 0 bridgehead atoms. The number of piperidine rings is 1. The second-order valence-electron chi connectivity index (χ2n) is 7.26. The molecule has 29 heavy (non-hydrogen) atoms. The minimum Gasteiger partial charge on any atom is -0.364 e. The van der Waals surface area contributed by atoms with Crippen LogP contribution in [-0.2, 0) is 6.18 Å². The molecule has 4 rings (SSSR count). The molecule has 0 radical (unpaired) electrons. The van der Waals surface area contributed by atoms with Crippen molar-refractivity contribution < 1.29 is 17.6 Å². The lowest BCUT2D eigenvalue weighted by Crippen LogP contribution is -2.40. The van der Waals surface area contributed by atoms with Gasteiger partial charge in [-0.2, -0.15) is 13.2 Å². The van der Waals surface area contributed by atoms with Gasteiger partial charge in [-0.15, -0.1) is 10.2 Å². The second kappa shape index (κ2) is 7.55. The van der Waals surface area contributed by atoms with Gasteiger partial charge in [0.15, 0.2) is 5.82 Å². The summed E-state index contributed by atoms with van der Waals surface area (Å²) in [6.45, 7) is 1.90. The number of hydrogen-bond acceptors (Lipinski definition) is 5. The highest BCUT2D eigenvalue weighted by Crippen LogP contribution is 2.35. The maximum Gasteiger partial charge on any atom is 0.416 e. The Morgan fingerprint density at radius 1 is 1.14 bits per heavy atom. The average Bonchev–Trinajstić information content (AvgIpc) is 2.68. The van der Waals surface area contributed by atoms with Crippen LogP contribution in [0, 0.1) is 5.82 Å². The largest absolute Gasteiger partial charge is 0.416 e. The third-order valence-corrected chi connectivity index (χ3v) is 5.10. The van der Waals surface area contributed by atoms with Gasteiger partial charge < -0.3 is 10.2 Å². The van der Waals surface area contributed by atoms with Crippen LogP contribution in [0.1, 0.15) is 18.4 Å². The van der Waals surface area contributed by atoms with Crippen molar-refractivity contribution in [2.24, 2.45) is 0 Å². The number of rotatable bonds is 3. The predicted octanol–water partition coefficient (Wildman–Crippen LogP) is 4.36. The predicted molar refractivity (Wildman–Crippen MR) is 102 cm³/mol.